The predicted molar refractivity (Wildman–Crippen MR) is 131 cm³/mol. The largest absolute Gasteiger partial charge is 0.356 e. The summed E-state index contributed by atoms with van der Waals surface area (Å²) in [6, 6.07) is 16.1. The van der Waals surface area contributed by atoms with Crippen LogP contribution in [-0.2, 0) is 13.0 Å². The molecule has 1 saturated heterocycles. The van der Waals surface area contributed by atoms with Crippen molar-refractivity contribution in [3.05, 3.63) is 70.6 Å². The van der Waals surface area contributed by atoms with Crippen molar-refractivity contribution in [2.75, 3.05) is 26.7 Å². The molecule has 0 radical (unpaired) electrons. The number of hydrogen-bond donors (Lipinski definition) is 1. The molecule has 0 aliphatic carbocycles. The van der Waals surface area contributed by atoms with Gasteiger partial charge in [-0.1, -0.05) is 36.4 Å². The standard InChI is InChI=1S/C23H32N4O.HI/c1-24-23(25-14-6-8-16-26-15-7-5-11-22(26)28)27-17-12-21(13-18-27)19-20-9-3-2-4-10-20;/h2-5,7,9-11,15,21H,6,8,12-14,16-19H2,1H3,(H,24,25);1H. The molecule has 1 aliphatic heterocycles. The number of likely N-dealkylation sites (tertiary alicyclic amines) is 1. The molecule has 0 spiro atoms. The van der Waals surface area contributed by atoms with Gasteiger partial charge < -0.3 is 14.8 Å². The summed E-state index contributed by atoms with van der Waals surface area (Å²) in [7, 11) is 1.86. The van der Waals surface area contributed by atoms with Crippen molar-refractivity contribution in [1.29, 1.82) is 0 Å². The van der Waals surface area contributed by atoms with Crippen LogP contribution in [-0.4, -0.2) is 42.1 Å². The molecule has 1 N–H and O–H groups in total. The summed E-state index contributed by atoms with van der Waals surface area (Å²) in [6.45, 7) is 3.79. The number of nitrogens with one attached hydrogen (secondary N) is 1. The van der Waals surface area contributed by atoms with E-state index in [4.69, 9.17) is 0 Å². The number of aryl methyl sites for hydroxylation is 1. The third kappa shape index (κ3) is 7.49. The topological polar surface area (TPSA) is 49.6 Å². The number of aliphatic imine (C=N–C) groups is 1. The fraction of sp³-hybridized carbons (Fsp3) is 0.478. The minimum absolute atomic E-state index is 0. The van der Waals surface area contributed by atoms with Gasteiger partial charge in [-0.3, -0.25) is 9.79 Å². The number of aromatic nitrogens is 1. The highest BCUT2D eigenvalue weighted by Gasteiger charge is 2.21. The van der Waals surface area contributed by atoms with Crippen LogP contribution in [0.5, 0.6) is 0 Å². The SMILES string of the molecule is CN=C(NCCCCn1ccccc1=O)N1CCC(Cc2ccccc2)CC1.I. The minimum Gasteiger partial charge on any atom is -0.356 e. The van der Waals surface area contributed by atoms with Gasteiger partial charge in [0.05, 0.1) is 0 Å². The molecule has 1 aliphatic rings. The molecule has 5 nitrogen and oxygen atoms in total. The summed E-state index contributed by atoms with van der Waals surface area (Å²) < 4.78 is 1.77. The second-order valence-corrected chi connectivity index (χ2v) is 7.53. The molecule has 1 fully saturated rings. The summed E-state index contributed by atoms with van der Waals surface area (Å²) in [4.78, 5) is 18.6. The lowest BCUT2D eigenvalue weighted by Crippen LogP contribution is -2.46. The Morgan fingerprint density at radius 2 is 1.79 bits per heavy atom. The third-order valence-corrected chi connectivity index (χ3v) is 5.50. The van der Waals surface area contributed by atoms with E-state index in [-0.39, 0.29) is 29.5 Å². The number of rotatable bonds is 7. The first kappa shape index (κ1) is 23.4. The molecule has 1 aromatic heterocycles. The monoisotopic (exact) mass is 508 g/mol. The average molecular weight is 508 g/mol. The molecule has 29 heavy (non-hydrogen) atoms. The first-order chi connectivity index (χ1) is 13.8. The second kappa shape index (κ2) is 12.7. The molecule has 0 unspecified atom stereocenters. The van der Waals surface area contributed by atoms with Gasteiger partial charge in [0.25, 0.3) is 0 Å². The fourth-order valence-electron chi connectivity index (χ4n) is 3.88. The van der Waals surface area contributed by atoms with Crippen molar-refractivity contribution >= 4 is 29.9 Å². The van der Waals surface area contributed by atoms with Gasteiger partial charge in [-0.25, -0.2) is 0 Å². The first-order valence-electron chi connectivity index (χ1n) is 10.4. The van der Waals surface area contributed by atoms with Crippen LogP contribution in [0.2, 0.25) is 0 Å². The van der Waals surface area contributed by atoms with Gasteiger partial charge in [-0.05, 0) is 49.7 Å². The Kier molecular flexibility index (Phi) is 10.2. The highest BCUT2D eigenvalue weighted by atomic mass is 127. The zero-order valence-corrected chi connectivity index (χ0v) is 19.6. The third-order valence-electron chi connectivity index (χ3n) is 5.50. The lowest BCUT2D eigenvalue weighted by Gasteiger charge is -2.34. The molecule has 2 aromatic rings. The smallest absolute Gasteiger partial charge is 0.250 e. The van der Waals surface area contributed by atoms with Crippen molar-refractivity contribution in [2.24, 2.45) is 10.9 Å². The van der Waals surface area contributed by atoms with E-state index < -0.39 is 0 Å². The highest BCUT2D eigenvalue weighted by Crippen LogP contribution is 2.21. The number of piperidine rings is 1. The molecule has 0 bridgehead atoms. The van der Waals surface area contributed by atoms with Crippen LogP contribution in [0.4, 0.5) is 0 Å². The number of pyridine rings is 1. The van der Waals surface area contributed by atoms with E-state index in [1.807, 2.05) is 19.3 Å². The van der Waals surface area contributed by atoms with Crippen LogP contribution in [0, 0.1) is 5.92 Å². The van der Waals surface area contributed by atoms with E-state index in [1.54, 1.807) is 16.7 Å². The molecular weight excluding hydrogens is 475 g/mol. The maximum Gasteiger partial charge on any atom is 0.250 e. The maximum atomic E-state index is 11.7. The molecule has 1 aromatic carbocycles. The Hall–Kier alpha value is -1.83. The van der Waals surface area contributed by atoms with E-state index in [9.17, 15) is 4.79 Å². The molecule has 158 valence electrons. The summed E-state index contributed by atoms with van der Waals surface area (Å²) in [5, 5.41) is 3.49. The average Bonchev–Trinajstić information content (AvgIpc) is 2.73. The van der Waals surface area contributed by atoms with Crippen LogP contribution >= 0.6 is 24.0 Å². The Morgan fingerprint density at radius 1 is 1.07 bits per heavy atom. The second-order valence-electron chi connectivity index (χ2n) is 7.53. The van der Waals surface area contributed by atoms with Crippen molar-refractivity contribution in [3.63, 3.8) is 0 Å². The Balaban J connectivity index is 0.00000300. The van der Waals surface area contributed by atoms with Gasteiger partial charge in [0.15, 0.2) is 5.96 Å². The summed E-state index contributed by atoms with van der Waals surface area (Å²) in [6.07, 6.45) is 7.46. The molecular formula is C23H33IN4O. The zero-order chi connectivity index (χ0) is 19.6. The van der Waals surface area contributed by atoms with Gasteiger partial charge >= 0.3 is 0 Å². The fourth-order valence-corrected chi connectivity index (χ4v) is 3.88. The van der Waals surface area contributed by atoms with E-state index in [2.05, 4.69) is 45.5 Å². The maximum absolute atomic E-state index is 11.7. The normalized spacial score (nSPS) is 15.1. The molecule has 3 rings (SSSR count). The Morgan fingerprint density at radius 3 is 2.48 bits per heavy atom. The quantitative estimate of drug-likeness (QED) is 0.268. The number of unbranched alkanes of at least 4 members (excludes halogenated alkanes) is 1. The van der Waals surface area contributed by atoms with Gasteiger partial charge in [-0.2, -0.15) is 0 Å². The number of halogens is 1. The number of hydrogen-bond acceptors (Lipinski definition) is 2. The number of nitrogens with zero attached hydrogens (tertiary/aromatic N) is 3. The van der Waals surface area contributed by atoms with Crippen molar-refractivity contribution in [1.82, 2.24) is 14.8 Å². The molecule has 0 saturated carbocycles. The summed E-state index contributed by atoms with van der Waals surface area (Å²) >= 11 is 0. The molecule has 0 amide bonds. The minimum atomic E-state index is 0. The van der Waals surface area contributed by atoms with E-state index in [1.165, 1.54) is 24.8 Å². The van der Waals surface area contributed by atoms with Crippen molar-refractivity contribution < 1.29 is 0 Å². The van der Waals surface area contributed by atoms with Gasteiger partial charge in [0.2, 0.25) is 5.56 Å². The van der Waals surface area contributed by atoms with Gasteiger partial charge in [-0.15, -0.1) is 24.0 Å². The van der Waals surface area contributed by atoms with Gasteiger partial charge in [0, 0.05) is 45.5 Å². The molecule has 2 heterocycles. The first-order valence-corrected chi connectivity index (χ1v) is 10.4. The number of benzene rings is 1. The highest BCUT2D eigenvalue weighted by molar-refractivity contribution is 14.0. The number of guanidine groups is 1. The molecule has 6 heteroatoms. The lowest BCUT2D eigenvalue weighted by atomic mass is 9.90. The van der Waals surface area contributed by atoms with Crippen LogP contribution in [0.25, 0.3) is 0 Å². The molecule has 0 atom stereocenters. The zero-order valence-electron chi connectivity index (χ0n) is 17.3. The summed E-state index contributed by atoms with van der Waals surface area (Å²) in [5.41, 5.74) is 1.52. The van der Waals surface area contributed by atoms with E-state index in [0.717, 1.165) is 50.9 Å². The summed E-state index contributed by atoms with van der Waals surface area (Å²) in [5.74, 6) is 1.77. The van der Waals surface area contributed by atoms with Gasteiger partial charge in [0.1, 0.15) is 0 Å². The predicted octanol–water partition coefficient (Wildman–Crippen LogP) is 3.78. The van der Waals surface area contributed by atoms with Crippen LogP contribution < -0.4 is 10.9 Å². The van der Waals surface area contributed by atoms with Crippen LogP contribution in [0.3, 0.4) is 0 Å². The van der Waals surface area contributed by atoms with Crippen molar-refractivity contribution in [2.45, 2.75) is 38.6 Å². The van der Waals surface area contributed by atoms with Crippen LogP contribution in [0.15, 0.2) is 64.5 Å². The Labute approximate surface area is 191 Å². The van der Waals surface area contributed by atoms with Crippen molar-refractivity contribution in [3.8, 4) is 0 Å². The lowest BCUT2D eigenvalue weighted by molar-refractivity contribution is 0.259. The van der Waals surface area contributed by atoms with Crippen LogP contribution in [0.1, 0.15) is 31.2 Å². The van der Waals surface area contributed by atoms with E-state index in [0.29, 0.717) is 0 Å². The van der Waals surface area contributed by atoms with E-state index >= 15 is 0 Å². The Bertz CT molecular complexity index is 798.